The molecule has 0 bridgehead atoms. The van der Waals surface area contributed by atoms with Crippen LogP contribution in [-0.4, -0.2) is 22.8 Å². The Balaban J connectivity index is 1.82. The average Bonchev–Trinajstić information content (AvgIpc) is 3.10. The highest BCUT2D eigenvalue weighted by molar-refractivity contribution is 8.00. The molecule has 128 valence electrons. The van der Waals surface area contributed by atoms with Gasteiger partial charge in [-0.25, -0.2) is 0 Å². The molecule has 25 heavy (non-hydrogen) atoms. The molecule has 0 fully saturated rings. The molecule has 2 aromatic carbocycles. The van der Waals surface area contributed by atoms with Crippen LogP contribution in [0.25, 0.3) is 11.5 Å². The molecule has 3 rings (SSSR count). The molecule has 0 aliphatic rings. The van der Waals surface area contributed by atoms with Crippen molar-refractivity contribution in [3.63, 3.8) is 0 Å². The third-order valence-electron chi connectivity index (χ3n) is 3.53. The van der Waals surface area contributed by atoms with Crippen molar-refractivity contribution in [3.05, 3.63) is 65.7 Å². The highest BCUT2D eigenvalue weighted by Crippen LogP contribution is 2.36. The van der Waals surface area contributed by atoms with E-state index in [1.165, 1.54) is 11.8 Å². The number of nitrogens with zero attached hydrogens (tertiary/aromatic N) is 2. The van der Waals surface area contributed by atoms with Crippen molar-refractivity contribution in [3.8, 4) is 11.5 Å². The van der Waals surface area contributed by atoms with Gasteiger partial charge in [0.15, 0.2) is 0 Å². The Kier molecular flexibility index (Phi) is 5.50. The van der Waals surface area contributed by atoms with Gasteiger partial charge in [-0.1, -0.05) is 48.0 Å². The second-order valence-corrected chi connectivity index (χ2v) is 6.46. The third kappa shape index (κ3) is 4.28. The number of carbonyl (C=O) groups excluding carboxylic acids is 1. The molecule has 0 amide bonds. The maximum absolute atomic E-state index is 12.3. The molecule has 0 aliphatic carbocycles. The normalized spacial score (nSPS) is 11.9. The second kappa shape index (κ2) is 7.98. The molecule has 0 saturated heterocycles. The van der Waals surface area contributed by atoms with E-state index in [-0.39, 0.29) is 5.97 Å². The van der Waals surface area contributed by atoms with Crippen LogP contribution < -0.4 is 0 Å². The van der Waals surface area contributed by atoms with Crippen molar-refractivity contribution in [2.45, 2.75) is 24.3 Å². The predicted octanol–water partition coefficient (Wildman–Crippen LogP) is 4.44. The van der Waals surface area contributed by atoms with Gasteiger partial charge in [0.05, 0.1) is 6.61 Å². The summed E-state index contributed by atoms with van der Waals surface area (Å²) in [6.45, 7) is 4.12. The number of aryl methyl sites for hydroxylation is 1. The summed E-state index contributed by atoms with van der Waals surface area (Å²) in [5.41, 5.74) is 2.84. The van der Waals surface area contributed by atoms with E-state index in [4.69, 9.17) is 9.15 Å². The van der Waals surface area contributed by atoms with Crippen LogP contribution in [0.4, 0.5) is 0 Å². The smallest absolute Gasteiger partial charge is 0.324 e. The average molecular weight is 354 g/mol. The molecule has 5 nitrogen and oxygen atoms in total. The highest BCUT2D eigenvalue weighted by Gasteiger charge is 2.26. The van der Waals surface area contributed by atoms with Crippen LogP contribution in [0.1, 0.15) is 23.3 Å². The first-order valence-electron chi connectivity index (χ1n) is 7.96. The fourth-order valence-corrected chi connectivity index (χ4v) is 3.14. The molecule has 0 spiro atoms. The summed E-state index contributed by atoms with van der Waals surface area (Å²) in [7, 11) is 0. The molecular weight excluding hydrogens is 336 g/mol. The summed E-state index contributed by atoms with van der Waals surface area (Å²) in [6.07, 6.45) is 0. The summed E-state index contributed by atoms with van der Waals surface area (Å²) >= 11 is 1.19. The second-order valence-electron chi connectivity index (χ2n) is 5.40. The van der Waals surface area contributed by atoms with Crippen molar-refractivity contribution >= 4 is 17.7 Å². The van der Waals surface area contributed by atoms with Gasteiger partial charge in [0, 0.05) is 5.56 Å². The van der Waals surface area contributed by atoms with E-state index in [9.17, 15) is 4.79 Å². The third-order valence-corrected chi connectivity index (χ3v) is 4.59. The first-order valence-corrected chi connectivity index (χ1v) is 8.84. The van der Waals surface area contributed by atoms with Crippen LogP contribution in [-0.2, 0) is 9.53 Å². The number of esters is 1. The van der Waals surface area contributed by atoms with E-state index in [0.717, 1.165) is 16.7 Å². The maximum atomic E-state index is 12.3. The molecule has 0 N–H and O–H groups in total. The van der Waals surface area contributed by atoms with Crippen LogP contribution >= 0.6 is 11.8 Å². The zero-order chi connectivity index (χ0) is 17.6. The Morgan fingerprint density at radius 1 is 1.12 bits per heavy atom. The number of ether oxygens (including phenoxy) is 1. The Morgan fingerprint density at radius 3 is 2.52 bits per heavy atom. The van der Waals surface area contributed by atoms with E-state index < -0.39 is 5.25 Å². The summed E-state index contributed by atoms with van der Waals surface area (Å²) < 4.78 is 10.9. The standard InChI is InChI=1S/C19H18N2O3S/c1-3-23-18(22)16(14-7-5-4-6-8-14)25-19-21-20-17(24-19)15-11-9-13(2)10-12-15/h4-12,16H,3H2,1-2H3/t16-/m1/s1. The topological polar surface area (TPSA) is 65.2 Å². The first-order chi connectivity index (χ1) is 12.2. The highest BCUT2D eigenvalue weighted by atomic mass is 32.2. The molecule has 3 aromatic rings. The summed E-state index contributed by atoms with van der Waals surface area (Å²) in [5.74, 6) is 0.104. The van der Waals surface area contributed by atoms with Crippen molar-refractivity contribution in [1.29, 1.82) is 0 Å². The number of benzene rings is 2. The lowest BCUT2D eigenvalue weighted by molar-refractivity contribution is -0.142. The van der Waals surface area contributed by atoms with E-state index in [2.05, 4.69) is 10.2 Å². The van der Waals surface area contributed by atoms with E-state index in [1.54, 1.807) is 6.92 Å². The quantitative estimate of drug-likeness (QED) is 0.481. The predicted molar refractivity (Wildman–Crippen MR) is 96.1 cm³/mol. The molecular formula is C19H18N2O3S. The summed E-state index contributed by atoms with van der Waals surface area (Å²) in [5, 5.41) is 7.92. The van der Waals surface area contributed by atoms with E-state index in [0.29, 0.717) is 17.7 Å². The Morgan fingerprint density at radius 2 is 1.84 bits per heavy atom. The molecule has 1 heterocycles. The van der Waals surface area contributed by atoms with Crippen LogP contribution in [0.15, 0.2) is 64.2 Å². The lowest BCUT2D eigenvalue weighted by Gasteiger charge is -2.13. The molecule has 0 unspecified atom stereocenters. The van der Waals surface area contributed by atoms with Gasteiger partial charge >= 0.3 is 5.97 Å². The van der Waals surface area contributed by atoms with Crippen molar-refractivity contribution in [1.82, 2.24) is 10.2 Å². The Hall–Kier alpha value is -2.60. The lowest BCUT2D eigenvalue weighted by atomic mass is 10.1. The lowest BCUT2D eigenvalue weighted by Crippen LogP contribution is -2.13. The maximum Gasteiger partial charge on any atom is 0.324 e. The zero-order valence-corrected chi connectivity index (χ0v) is 14.8. The summed E-state index contributed by atoms with van der Waals surface area (Å²) in [6, 6.07) is 17.3. The Labute approximate surface area is 150 Å². The van der Waals surface area contributed by atoms with E-state index in [1.807, 2.05) is 61.5 Å². The minimum Gasteiger partial charge on any atom is -0.465 e. The van der Waals surface area contributed by atoms with Gasteiger partial charge in [0.25, 0.3) is 5.22 Å². The van der Waals surface area contributed by atoms with Gasteiger partial charge in [-0.05, 0) is 43.3 Å². The number of aromatic nitrogens is 2. The SMILES string of the molecule is CCOC(=O)[C@H](Sc1nnc(-c2ccc(C)cc2)o1)c1ccccc1. The van der Waals surface area contributed by atoms with Crippen LogP contribution in [0.2, 0.25) is 0 Å². The first kappa shape index (κ1) is 17.2. The Bertz CT molecular complexity index is 831. The zero-order valence-electron chi connectivity index (χ0n) is 14.0. The number of thioether (sulfide) groups is 1. The van der Waals surface area contributed by atoms with E-state index >= 15 is 0 Å². The van der Waals surface area contributed by atoms with Gasteiger partial charge in [0.2, 0.25) is 5.89 Å². The molecule has 1 aromatic heterocycles. The summed E-state index contributed by atoms with van der Waals surface area (Å²) in [4.78, 5) is 12.3. The molecule has 0 saturated carbocycles. The van der Waals surface area contributed by atoms with Crippen LogP contribution in [0.3, 0.4) is 0 Å². The van der Waals surface area contributed by atoms with Crippen molar-refractivity contribution < 1.29 is 13.9 Å². The number of hydrogen-bond acceptors (Lipinski definition) is 6. The minimum atomic E-state index is -0.549. The number of rotatable bonds is 6. The fraction of sp³-hybridized carbons (Fsp3) is 0.211. The van der Waals surface area contributed by atoms with Crippen LogP contribution in [0, 0.1) is 6.92 Å². The van der Waals surface area contributed by atoms with Crippen LogP contribution in [0.5, 0.6) is 0 Å². The minimum absolute atomic E-state index is 0.321. The van der Waals surface area contributed by atoms with Gasteiger partial charge in [-0.2, -0.15) is 0 Å². The van der Waals surface area contributed by atoms with Crippen molar-refractivity contribution in [2.24, 2.45) is 0 Å². The molecule has 0 aliphatic heterocycles. The number of carbonyl (C=O) groups is 1. The van der Waals surface area contributed by atoms with Gasteiger partial charge in [-0.3, -0.25) is 4.79 Å². The van der Waals surface area contributed by atoms with Gasteiger partial charge in [0.1, 0.15) is 5.25 Å². The van der Waals surface area contributed by atoms with Crippen molar-refractivity contribution in [2.75, 3.05) is 6.61 Å². The van der Waals surface area contributed by atoms with Gasteiger partial charge < -0.3 is 9.15 Å². The largest absolute Gasteiger partial charge is 0.465 e. The molecule has 1 atom stereocenters. The van der Waals surface area contributed by atoms with Gasteiger partial charge in [-0.15, -0.1) is 10.2 Å². The monoisotopic (exact) mass is 354 g/mol. The fourth-order valence-electron chi connectivity index (χ4n) is 2.27. The number of hydrogen-bond donors (Lipinski definition) is 0. The molecule has 6 heteroatoms. The molecule has 0 radical (unpaired) electrons.